The van der Waals surface area contributed by atoms with Crippen molar-refractivity contribution < 1.29 is 40.4 Å². The molecule has 0 bridgehead atoms. The van der Waals surface area contributed by atoms with E-state index in [1.165, 1.54) is 94.1 Å². The molecule has 0 saturated heterocycles. The first-order chi connectivity index (χ1) is 16.0. The van der Waals surface area contributed by atoms with E-state index in [1.807, 2.05) is 0 Å². The Morgan fingerprint density at radius 1 is 0.647 bits per heavy atom. The van der Waals surface area contributed by atoms with Gasteiger partial charge in [-0.2, -0.15) is 21.6 Å². The lowest BCUT2D eigenvalue weighted by molar-refractivity contribution is -0.0413. The van der Waals surface area contributed by atoms with Gasteiger partial charge in [-0.1, -0.05) is 0 Å². The Morgan fingerprint density at radius 2 is 0.912 bits per heavy atom. The van der Waals surface area contributed by atoms with Crippen LogP contribution in [0.4, 0.5) is 13.2 Å². The van der Waals surface area contributed by atoms with Crippen LogP contribution < -0.4 is 14.2 Å². The van der Waals surface area contributed by atoms with Gasteiger partial charge in [0.15, 0.2) is 0 Å². The Bertz CT molecular complexity index is 1090. The highest BCUT2D eigenvalue weighted by molar-refractivity contribution is 8.67. The fourth-order valence-corrected chi connectivity index (χ4v) is 7.37. The highest BCUT2D eigenvalue weighted by Crippen LogP contribution is 2.50. The topological polar surface area (TPSA) is 84.9 Å². The summed E-state index contributed by atoms with van der Waals surface area (Å²) in [5.74, 6) is 1.14. The lowest BCUT2D eigenvalue weighted by Crippen LogP contribution is -2.46. The van der Waals surface area contributed by atoms with Crippen molar-refractivity contribution in [3.63, 3.8) is 0 Å². The molecule has 3 aromatic carbocycles. The van der Waals surface area contributed by atoms with Crippen LogP contribution in [0.1, 0.15) is 16.7 Å². The quantitative estimate of drug-likeness (QED) is 0.248. The normalized spacial score (nSPS) is 13.3. The van der Waals surface area contributed by atoms with Crippen LogP contribution in [0.5, 0.6) is 17.2 Å². The molecule has 182 valence electrons. The van der Waals surface area contributed by atoms with Crippen molar-refractivity contribution >= 4 is 19.1 Å². The summed E-state index contributed by atoms with van der Waals surface area (Å²) in [6, 6.07) is 17.0. The van der Waals surface area contributed by atoms with Gasteiger partial charge in [-0.05, 0) is 72.8 Å². The summed E-state index contributed by atoms with van der Waals surface area (Å²) >= 11 is 0. The molecular weight excluding hydrogens is 493 g/mol. The lowest BCUT2D eigenvalue weighted by atomic mass is 9.84. The van der Waals surface area contributed by atoms with Gasteiger partial charge in [0.2, 0.25) is 4.75 Å². The van der Waals surface area contributed by atoms with Crippen molar-refractivity contribution in [1.29, 1.82) is 0 Å². The maximum absolute atomic E-state index is 13.7. The molecule has 1 unspecified atom stereocenters. The summed E-state index contributed by atoms with van der Waals surface area (Å²) in [6.07, 6.45) is 0. The van der Waals surface area contributed by atoms with E-state index in [9.17, 15) is 26.1 Å². The minimum absolute atomic E-state index is 0.0507. The summed E-state index contributed by atoms with van der Waals surface area (Å²) in [6.45, 7) is 0. The Morgan fingerprint density at radius 3 is 1.12 bits per heavy atom. The molecule has 11 heteroatoms. The van der Waals surface area contributed by atoms with E-state index >= 15 is 0 Å². The van der Waals surface area contributed by atoms with Gasteiger partial charge in [0, 0.05) is 16.7 Å². The number of methoxy groups -OCH3 is 3. The molecule has 0 aliphatic carbocycles. The van der Waals surface area contributed by atoms with Crippen LogP contribution in [0.25, 0.3) is 0 Å². The highest BCUT2D eigenvalue weighted by atomic mass is 33.2. The van der Waals surface area contributed by atoms with Crippen molar-refractivity contribution in [3.8, 4) is 17.2 Å². The van der Waals surface area contributed by atoms with E-state index in [2.05, 4.69) is 0 Å². The Kier molecular flexibility index (Phi) is 7.39. The van der Waals surface area contributed by atoms with Crippen LogP contribution in [-0.2, 0) is 23.8 Å². The van der Waals surface area contributed by atoms with E-state index in [-0.39, 0.29) is 16.7 Å². The Hall–Kier alpha value is -2.89. The van der Waals surface area contributed by atoms with Gasteiger partial charge in [0.25, 0.3) is 0 Å². The monoisotopic (exact) mass is 514 g/mol. The Balaban J connectivity index is 2.45. The van der Waals surface area contributed by atoms with Gasteiger partial charge in [-0.15, -0.1) is 0 Å². The second-order valence-electron chi connectivity index (χ2n) is 7.00. The molecule has 0 radical (unpaired) electrons. The molecule has 0 saturated carbocycles. The lowest BCUT2D eigenvalue weighted by Gasteiger charge is -2.35. The fourth-order valence-electron chi connectivity index (χ4n) is 3.52. The number of hydrogen-bond donors (Lipinski definition) is 0. The standard InChI is InChI=1S/C23H21F3O6S2/c1-30-19-10-4-16(5-11-19)22(17-6-12-20(31-2)13-7-17,18-8-14-21(32-3)15-9-18)33(27)34(28,29)23(24,25)26/h4-15H,1-3H3. The van der Waals surface area contributed by atoms with Crippen LogP contribution in [0.15, 0.2) is 72.8 Å². The minimum Gasteiger partial charge on any atom is -0.600 e. The molecule has 0 aliphatic heterocycles. The number of benzene rings is 3. The van der Waals surface area contributed by atoms with E-state index in [1.54, 1.807) is 0 Å². The second-order valence-corrected chi connectivity index (χ2v) is 11.7. The predicted molar refractivity (Wildman–Crippen MR) is 122 cm³/mol. The smallest absolute Gasteiger partial charge is 0.543 e. The van der Waals surface area contributed by atoms with Gasteiger partial charge < -0.3 is 18.8 Å². The summed E-state index contributed by atoms with van der Waals surface area (Å²) in [7, 11) is -5.48. The minimum atomic E-state index is -6.15. The van der Waals surface area contributed by atoms with Crippen molar-refractivity contribution in [2.24, 2.45) is 0 Å². The molecule has 0 fully saturated rings. The maximum atomic E-state index is 13.7. The van der Waals surface area contributed by atoms with E-state index in [4.69, 9.17) is 14.2 Å². The van der Waals surface area contributed by atoms with E-state index in [0.717, 1.165) is 0 Å². The predicted octanol–water partition coefficient (Wildman–Crippen LogP) is 4.60. The average Bonchev–Trinajstić information content (AvgIpc) is 2.84. The number of rotatable bonds is 8. The van der Waals surface area contributed by atoms with E-state index < -0.39 is 29.3 Å². The first-order valence-corrected chi connectivity index (χ1v) is 12.8. The molecule has 1 atom stereocenters. The van der Waals surface area contributed by atoms with Gasteiger partial charge in [-0.3, -0.25) is 0 Å². The number of alkyl halides is 3. The molecule has 0 heterocycles. The Labute approximate surface area is 197 Å². The summed E-state index contributed by atoms with van der Waals surface area (Å²) in [5, 5.41) is 0. The van der Waals surface area contributed by atoms with Crippen LogP contribution in [0, 0.1) is 0 Å². The third-order valence-electron chi connectivity index (χ3n) is 5.22. The molecule has 0 aromatic heterocycles. The summed E-state index contributed by atoms with van der Waals surface area (Å²) < 4.78 is 93.0. The van der Waals surface area contributed by atoms with Crippen LogP contribution in [0.3, 0.4) is 0 Å². The molecule has 0 N–H and O–H groups in total. The molecule has 0 aliphatic rings. The number of halogens is 3. The average molecular weight is 515 g/mol. The van der Waals surface area contributed by atoms with E-state index in [0.29, 0.717) is 17.2 Å². The highest BCUT2D eigenvalue weighted by Gasteiger charge is 2.64. The van der Waals surface area contributed by atoms with Crippen molar-refractivity contribution in [2.45, 2.75) is 10.3 Å². The molecule has 0 amide bonds. The summed E-state index contributed by atoms with van der Waals surface area (Å²) in [5.41, 5.74) is -5.60. The molecule has 6 nitrogen and oxygen atoms in total. The zero-order chi connectivity index (χ0) is 25.1. The zero-order valence-corrected chi connectivity index (χ0v) is 20.0. The van der Waals surface area contributed by atoms with Crippen LogP contribution in [0.2, 0.25) is 0 Å². The van der Waals surface area contributed by atoms with Gasteiger partial charge >= 0.3 is 14.4 Å². The van der Waals surface area contributed by atoms with Crippen molar-refractivity contribution in [1.82, 2.24) is 0 Å². The molecule has 34 heavy (non-hydrogen) atoms. The first kappa shape index (κ1) is 25.7. The molecule has 3 aromatic rings. The number of ether oxygens (including phenoxy) is 3. The van der Waals surface area contributed by atoms with Gasteiger partial charge in [-0.25, -0.2) is 0 Å². The number of hydrogen-bond acceptors (Lipinski definition) is 6. The molecule has 3 rings (SSSR count). The fraction of sp³-hybridized carbons (Fsp3) is 0.217. The SMILES string of the molecule is COc1ccc(C(c2ccc(OC)cc2)(c2ccc(OC)cc2)[S+]([O-])S(=O)(=O)C(F)(F)F)cc1. The molecule has 0 spiro atoms. The summed E-state index contributed by atoms with van der Waals surface area (Å²) in [4.78, 5) is 0. The van der Waals surface area contributed by atoms with Gasteiger partial charge in [0.05, 0.1) is 21.3 Å². The largest absolute Gasteiger partial charge is 0.600 e. The second kappa shape index (κ2) is 9.77. The van der Waals surface area contributed by atoms with Crippen molar-refractivity contribution in [2.75, 3.05) is 21.3 Å². The zero-order valence-electron chi connectivity index (χ0n) is 18.3. The first-order valence-electron chi connectivity index (χ1n) is 9.69. The van der Waals surface area contributed by atoms with Crippen LogP contribution >= 0.6 is 0 Å². The van der Waals surface area contributed by atoms with Gasteiger partial charge in [0.1, 0.15) is 27.5 Å². The van der Waals surface area contributed by atoms with Crippen LogP contribution in [-0.4, -0.2) is 39.8 Å². The van der Waals surface area contributed by atoms with Crippen molar-refractivity contribution in [3.05, 3.63) is 89.5 Å². The maximum Gasteiger partial charge on any atom is 0.543 e. The third-order valence-corrected chi connectivity index (χ3v) is 9.91. The molecular formula is C23H21F3O6S2. The third kappa shape index (κ3) is 4.42.